The van der Waals surface area contributed by atoms with Gasteiger partial charge < -0.3 is 9.84 Å². The summed E-state index contributed by atoms with van der Waals surface area (Å²) >= 11 is 5.21. The number of hydrogen-bond donors (Lipinski definition) is 1. The first-order chi connectivity index (χ1) is 15.5. The summed E-state index contributed by atoms with van der Waals surface area (Å²) in [6, 6.07) is 0.0229. The topological polar surface area (TPSA) is 46.5 Å². The number of aromatic carboxylic acids is 1. The van der Waals surface area contributed by atoms with Crippen molar-refractivity contribution < 1.29 is 89.3 Å². The number of halogens is 18. The lowest BCUT2D eigenvalue weighted by molar-refractivity contribution is -0.471. The minimum Gasteiger partial charge on any atom is -0.478 e. The van der Waals surface area contributed by atoms with E-state index in [0.717, 1.165) is 0 Å². The Bertz CT molecular complexity index is 1000. The summed E-state index contributed by atoms with van der Waals surface area (Å²) in [6.07, 6.45) is -15.0. The molecule has 0 saturated carbocycles. The zero-order valence-corrected chi connectivity index (χ0v) is 16.6. The van der Waals surface area contributed by atoms with Gasteiger partial charge in [-0.05, 0) is 18.2 Å². The highest BCUT2D eigenvalue weighted by Crippen LogP contribution is 2.64. The second-order valence-electron chi connectivity index (χ2n) is 6.51. The summed E-state index contributed by atoms with van der Waals surface area (Å²) in [5, 5.41) is 7.49. The molecule has 0 aliphatic rings. The number of carboxylic acids is 1. The molecule has 1 N–H and O–H groups in total. The van der Waals surface area contributed by atoms with Gasteiger partial charge in [-0.2, -0.15) is 74.6 Å². The molecule has 208 valence electrons. The predicted molar refractivity (Wildman–Crippen MR) is 79.7 cm³/mol. The Morgan fingerprint density at radius 2 is 1.00 bits per heavy atom. The maximum Gasteiger partial charge on any atom is 0.471 e. The number of ether oxygens (including phenoxy) is 1. The molecule has 0 unspecified atom stereocenters. The average molecular weight is 591 g/mol. The van der Waals surface area contributed by atoms with Crippen molar-refractivity contribution in [1.82, 2.24) is 0 Å². The van der Waals surface area contributed by atoms with Crippen molar-refractivity contribution in [1.29, 1.82) is 0 Å². The first-order valence-corrected chi connectivity index (χ1v) is 8.35. The fraction of sp³-hybridized carbons (Fsp3) is 0.533. The zero-order chi connectivity index (χ0) is 29.1. The van der Waals surface area contributed by atoms with Crippen molar-refractivity contribution in [3.8, 4) is 5.75 Å². The summed E-state index contributed by atoms with van der Waals surface area (Å²) in [4.78, 5) is 10.7. The molecule has 36 heavy (non-hydrogen) atoms. The zero-order valence-electron chi connectivity index (χ0n) is 15.8. The maximum absolute atomic E-state index is 13.7. The highest BCUT2D eigenvalue weighted by molar-refractivity contribution is 6.33. The fourth-order valence-electron chi connectivity index (χ4n) is 2.09. The molecule has 1 aromatic carbocycles. The van der Waals surface area contributed by atoms with Gasteiger partial charge in [-0.3, -0.25) is 0 Å². The van der Waals surface area contributed by atoms with Crippen LogP contribution in [0.5, 0.6) is 5.75 Å². The van der Waals surface area contributed by atoms with Crippen LogP contribution in [-0.4, -0.2) is 58.9 Å². The van der Waals surface area contributed by atoms with Crippen molar-refractivity contribution in [2.75, 3.05) is 0 Å². The summed E-state index contributed by atoms with van der Waals surface area (Å²) in [7, 11) is 0. The predicted octanol–water partition coefficient (Wildman–Crippen LogP) is 7.38. The van der Waals surface area contributed by atoms with Crippen molar-refractivity contribution >= 4 is 17.6 Å². The molecule has 0 aliphatic heterocycles. The van der Waals surface area contributed by atoms with E-state index in [1.807, 2.05) is 0 Å². The van der Waals surface area contributed by atoms with Crippen LogP contribution in [0.3, 0.4) is 0 Å². The molecule has 1 aromatic rings. The molecule has 0 radical (unpaired) electrons. The largest absolute Gasteiger partial charge is 0.478 e. The van der Waals surface area contributed by atoms with Crippen molar-refractivity contribution in [3.05, 3.63) is 28.8 Å². The minimum atomic E-state index is -8.76. The molecular weight excluding hydrogens is 587 g/mol. The molecule has 0 fully saturated rings. The van der Waals surface area contributed by atoms with Crippen molar-refractivity contribution in [2.24, 2.45) is 0 Å². The van der Waals surface area contributed by atoms with Crippen LogP contribution in [0, 0.1) is 0 Å². The summed E-state index contributed by atoms with van der Waals surface area (Å²) in [5.41, 5.74) is -0.969. The van der Waals surface area contributed by atoms with E-state index in [-0.39, 0.29) is 18.2 Å². The lowest BCUT2D eigenvalue weighted by Crippen LogP contribution is -2.74. The minimum absolute atomic E-state index is 0.0394. The maximum atomic E-state index is 13.7. The van der Waals surface area contributed by atoms with Gasteiger partial charge in [0, 0.05) is 0 Å². The first kappa shape index (κ1) is 31.6. The molecule has 0 saturated heterocycles. The third-order valence-corrected chi connectivity index (χ3v) is 4.42. The van der Waals surface area contributed by atoms with E-state index >= 15 is 0 Å². The van der Waals surface area contributed by atoms with Gasteiger partial charge >= 0.3 is 53.8 Å². The van der Waals surface area contributed by atoms with E-state index in [2.05, 4.69) is 4.74 Å². The van der Waals surface area contributed by atoms with Gasteiger partial charge in [0.05, 0.1) is 10.6 Å². The van der Waals surface area contributed by atoms with Crippen molar-refractivity contribution in [3.63, 3.8) is 0 Å². The summed E-state index contributed by atoms with van der Waals surface area (Å²) in [5.74, 6) is -54.7. The molecule has 0 amide bonds. The van der Waals surface area contributed by atoms with Crippen LogP contribution >= 0.6 is 11.6 Å². The molecule has 21 heteroatoms. The molecule has 0 bridgehead atoms. The lowest BCUT2D eigenvalue weighted by atomic mass is 9.90. The van der Waals surface area contributed by atoms with Gasteiger partial charge in [0.1, 0.15) is 5.75 Å². The normalized spacial score (nSPS) is 15.2. The first-order valence-electron chi connectivity index (χ1n) is 7.98. The molecule has 0 aliphatic carbocycles. The van der Waals surface area contributed by atoms with E-state index in [9.17, 15) is 79.4 Å². The van der Waals surface area contributed by atoms with Crippen LogP contribution in [0.15, 0.2) is 18.2 Å². The van der Waals surface area contributed by atoms with Gasteiger partial charge in [0.15, 0.2) is 0 Å². The van der Waals surface area contributed by atoms with Gasteiger partial charge in [0.25, 0.3) is 0 Å². The van der Waals surface area contributed by atoms with E-state index in [1.54, 1.807) is 0 Å². The van der Waals surface area contributed by atoms with Crippen LogP contribution in [-0.2, 0) is 0 Å². The van der Waals surface area contributed by atoms with Crippen LogP contribution in [0.25, 0.3) is 0 Å². The average Bonchev–Trinajstić information content (AvgIpc) is 2.65. The number of alkyl halides is 17. The number of benzene rings is 1. The number of rotatable bonds is 9. The van der Waals surface area contributed by atoms with Crippen LogP contribution in [0.2, 0.25) is 5.02 Å². The quantitative estimate of drug-likeness (QED) is 0.305. The van der Waals surface area contributed by atoms with Gasteiger partial charge in [-0.15, -0.1) is 0 Å². The third-order valence-electron chi connectivity index (χ3n) is 4.11. The second-order valence-corrected chi connectivity index (χ2v) is 6.92. The number of hydrogen-bond acceptors (Lipinski definition) is 2. The highest BCUT2D eigenvalue weighted by Gasteiger charge is 2.95. The monoisotopic (exact) mass is 590 g/mol. The molecule has 0 atom stereocenters. The van der Waals surface area contributed by atoms with Crippen LogP contribution < -0.4 is 4.74 Å². The van der Waals surface area contributed by atoms with E-state index in [4.69, 9.17) is 16.7 Å². The van der Waals surface area contributed by atoms with E-state index in [0.29, 0.717) is 0 Å². The molecule has 0 aromatic heterocycles. The summed E-state index contributed by atoms with van der Waals surface area (Å²) in [6.45, 7) is 0. The number of carboxylic acid groups (broad SMARTS) is 1. The van der Waals surface area contributed by atoms with E-state index < -0.39 is 70.1 Å². The fourth-order valence-corrected chi connectivity index (χ4v) is 2.35. The molecule has 1 rings (SSSR count). The summed E-state index contributed by atoms with van der Waals surface area (Å²) < 4.78 is 226. The Hall–Kier alpha value is -2.41. The van der Waals surface area contributed by atoms with Crippen LogP contribution in [0.1, 0.15) is 10.4 Å². The molecule has 3 nitrogen and oxygen atoms in total. The second kappa shape index (κ2) is 8.57. The van der Waals surface area contributed by atoms with Gasteiger partial charge in [-0.25, -0.2) is 4.79 Å². The lowest BCUT2D eigenvalue weighted by Gasteiger charge is -2.42. The Labute approximate surface area is 190 Å². The Balaban J connectivity index is 3.59. The van der Waals surface area contributed by atoms with Gasteiger partial charge in [0.2, 0.25) is 0 Å². The van der Waals surface area contributed by atoms with Gasteiger partial charge in [-0.1, -0.05) is 11.6 Å². The molecular formula is C15H4ClF17O3. The Morgan fingerprint density at radius 3 is 1.33 bits per heavy atom. The third kappa shape index (κ3) is 4.33. The SMILES string of the molecule is O=C(O)c1ccc(OC(F)(F)C(F)(F)C(F)(F)C(F)(F)C(F)(F)C(F)(F)C(F)(F)C(F)(F)F)cc1Cl. The molecule has 0 spiro atoms. The molecule has 0 heterocycles. The van der Waals surface area contributed by atoms with Crippen LogP contribution in [0.4, 0.5) is 74.6 Å². The standard InChI is InChI=1S/C15H4ClF17O3/c16-6-3-4(1-2-5(6)7(34)35)36-15(32,33)13(27,28)11(23,24)9(19,20)8(17,18)10(21,22)12(25,26)14(29,30)31/h1-3H,(H,34,35). The van der Waals surface area contributed by atoms with Crippen molar-refractivity contribution in [2.45, 2.75) is 47.8 Å². The smallest absolute Gasteiger partial charge is 0.471 e. The highest BCUT2D eigenvalue weighted by atomic mass is 35.5. The Morgan fingerprint density at radius 1 is 0.639 bits per heavy atom. The number of carbonyl (C=O) groups is 1. The Kier molecular flexibility index (Phi) is 7.53. The van der Waals surface area contributed by atoms with E-state index in [1.165, 1.54) is 0 Å².